The summed E-state index contributed by atoms with van der Waals surface area (Å²) in [6, 6.07) is 1.53. The summed E-state index contributed by atoms with van der Waals surface area (Å²) in [4.78, 5) is 28.1. The molecule has 0 atom stereocenters. The van der Waals surface area contributed by atoms with Crippen LogP contribution >= 0.6 is 0 Å². The van der Waals surface area contributed by atoms with Crippen molar-refractivity contribution in [2.45, 2.75) is 13.8 Å². The van der Waals surface area contributed by atoms with Crippen molar-refractivity contribution < 1.29 is 4.79 Å². The summed E-state index contributed by atoms with van der Waals surface area (Å²) in [6.45, 7) is 4.02. The van der Waals surface area contributed by atoms with E-state index in [-0.39, 0.29) is 11.6 Å². The topological polar surface area (TPSA) is 74.8 Å². The Bertz CT molecular complexity index is 370. The van der Waals surface area contributed by atoms with Gasteiger partial charge in [0.05, 0.1) is 0 Å². The highest BCUT2D eigenvalue weighted by atomic mass is 16.2. The van der Waals surface area contributed by atoms with E-state index in [2.05, 4.69) is 15.3 Å². The zero-order valence-corrected chi connectivity index (χ0v) is 7.55. The highest BCUT2D eigenvalue weighted by Crippen LogP contribution is 1.93. The van der Waals surface area contributed by atoms with Gasteiger partial charge in [-0.1, -0.05) is 0 Å². The highest BCUT2D eigenvalue weighted by Gasteiger charge is 2.06. The van der Waals surface area contributed by atoms with E-state index in [1.807, 2.05) is 0 Å². The second-order valence-electron chi connectivity index (χ2n) is 2.61. The zero-order valence-electron chi connectivity index (χ0n) is 7.55. The van der Waals surface area contributed by atoms with Gasteiger partial charge in [0.2, 0.25) is 0 Å². The summed E-state index contributed by atoms with van der Waals surface area (Å²) in [5.74, 6) is -0.322. The number of aryl methyl sites for hydroxylation is 1. The van der Waals surface area contributed by atoms with Crippen molar-refractivity contribution in [3.8, 4) is 0 Å². The molecular weight excluding hydrogens is 170 g/mol. The van der Waals surface area contributed by atoms with Gasteiger partial charge in [0.1, 0.15) is 5.69 Å². The van der Waals surface area contributed by atoms with E-state index in [9.17, 15) is 9.59 Å². The number of carbonyl (C=O) groups excluding carboxylic acids is 1. The fraction of sp³-hybridized carbons (Fsp3) is 0.375. The molecule has 0 bridgehead atoms. The number of nitrogens with one attached hydrogen (secondary N) is 2. The fourth-order valence-corrected chi connectivity index (χ4v) is 0.947. The van der Waals surface area contributed by atoms with Crippen LogP contribution in [-0.2, 0) is 0 Å². The molecule has 0 aliphatic rings. The average molecular weight is 181 g/mol. The monoisotopic (exact) mass is 181 g/mol. The molecule has 1 rings (SSSR count). The average Bonchev–Trinajstić information content (AvgIpc) is 2.03. The van der Waals surface area contributed by atoms with E-state index < -0.39 is 5.69 Å². The summed E-state index contributed by atoms with van der Waals surface area (Å²) in [6.07, 6.45) is 0. The van der Waals surface area contributed by atoms with Gasteiger partial charge in [-0.2, -0.15) is 4.98 Å². The molecule has 0 radical (unpaired) electrons. The Labute approximate surface area is 75.2 Å². The van der Waals surface area contributed by atoms with Crippen LogP contribution in [0, 0.1) is 6.92 Å². The van der Waals surface area contributed by atoms with Crippen molar-refractivity contribution in [1.82, 2.24) is 15.3 Å². The lowest BCUT2D eigenvalue weighted by atomic mass is 10.3. The fourth-order valence-electron chi connectivity index (χ4n) is 0.947. The van der Waals surface area contributed by atoms with Gasteiger partial charge in [0.25, 0.3) is 5.91 Å². The molecule has 70 valence electrons. The van der Waals surface area contributed by atoms with Gasteiger partial charge in [0, 0.05) is 12.2 Å². The number of carbonyl (C=O) groups is 1. The number of aromatic amines is 1. The number of rotatable bonds is 2. The molecule has 13 heavy (non-hydrogen) atoms. The number of hydrogen-bond acceptors (Lipinski definition) is 3. The molecule has 5 nitrogen and oxygen atoms in total. The third-order valence-corrected chi connectivity index (χ3v) is 1.45. The predicted octanol–water partition coefficient (Wildman–Crippen LogP) is -0.172. The van der Waals surface area contributed by atoms with Crippen LogP contribution in [0.5, 0.6) is 0 Å². The van der Waals surface area contributed by atoms with Gasteiger partial charge in [-0.3, -0.25) is 4.79 Å². The number of nitrogens with zero attached hydrogens (tertiary/aromatic N) is 1. The smallest absolute Gasteiger partial charge is 0.345 e. The van der Waals surface area contributed by atoms with Gasteiger partial charge in [-0.15, -0.1) is 0 Å². The lowest BCUT2D eigenvalue weighted by Crippen LogP contribution is -2.27. The van der Waals surface area contributed by atoms with Crippen molar-refractivity contribution in [2.24, 2.45) is 0 Å². The van der Waals surface area contributed by atoms with Crippen molar-refractivity contribution >= 4 is 5.91 Å². The van der Waals surface area contributed by atoms with E-state index in [0.717, 1.165) is 0 Å². The van der Waals surface area contributed by atoms with Crippen LogP contribution in [-0.4, -0.2) is 22.4 Å². The summed E-state index contributed by atoms with van der Waals surface area (Å²) >= 11 is 0. The normalized spacial score (nSPS) is 9.69. The molecule has 0 saturated carbocycles. The standard InChI is InChI=1S/C8H11N3O2/c1-3-9-7(12)6-4-5(2)10-8(13)11-6/h4H,3H2,1-2H3,(H,9,12)(H,10,11,13). The van der Waals surface area contributed by atoms with Crippen molar-refractivity contribution in [3.05, 3.63) is 27.9 Å². The first-order valence-corrected chi connectivity index (χ1v) is 3.99. The van der Waals surface area contributed by atoms with Gasteiger partial charge < -0.3 is 10.3 Å². The summed E-state index contributed by atoms with van der Waals surface area (Å²) in [5.41, 5.74) is 0.283. The summed E-state index contributed by atoms with van der Waals surface area (Å²) in [7, 11) is 0. The van der Waals surface area contributed by atoms with E-state index >= 15 is 0 Å². The molecule has 1 aromatic heterocycles. The Morgan fingerprint density at radius 3 is 2.92 bits per heavy atom. The minimum atomic E-state index is -0.499. The van der Waals surface area contributed by atoms with Crippen LogP contribution in [0.15, 0.2) is 10.9 Å². The van der Waals surface area contributed by atoms with Crippen LogP contribution in [0.3, 0.4) is 0 Å². The lowest BCUT2D eigenvalue weighted by molar-refractivity contribution is 0.0950. The van der Waals surface area contributed by atoms with Crippen LogP contribution in [0.1, 0.15) is 23.1 Å². The third-order valence-electron chi connectivity index (χ3n) is 1.45. The molecule has 0 saturated heterocycles. The molecular formula is C8H11N3O2. The molecule has 0 fully saturated rings. The highest BCUT2D eigenvalue weighted by molar-refractivity contribution is 5.92. The van der Waals surface area contributed by atoms with Gasteiger partial charge in [0.15, 0.2) is 0 Å². The molecule has 1 amide bonds. The van der Waals surface area contributed by atoms with Crippen LogP contribution < -0.4 is 11.0 Å². The third kappa shape index (κ3) is 2.40. The molecule has 0 aliphatic heterocycles. The Morgan fingerprint density at radius 2 is 2.38 bits per heavy atom. The van der Waals surface area contributed by atoms with Crippen molar-refractivity contribution in [2.75, 3.05) is 6.54 Å². The molecule has 1 aromatic rings. The maximum absolute atomic E-state index is 11.2. The van der Waals surface area contributed by atoms with Crippen LogP contribution in [0.4, 0.5) is 0 Å². The SMILES string of the molecule is CCNC(=O)c1cc(C)[nH]c(=O)n1. The number of H-pyrrole nitrogens is 1. The molecule has 0 aliphatic carbocycles. The largest absolute Gasteiger partial charge is 0.351 e. The zero-order chi connectivity index (χ0) is 9.84. The predicted molar refractivity (Wildman–Crippen MR) is 47.6 cm³/mol. The molecule has 0 aromatic carbocycles. The second-order valence-corrected chi connectivity index (χ2v) is 2.61. The van der Waals surface area contributed by atoms with E-state index in [1.165, 1.54) is 6.07 Å². The summed E-state index contributed by atoms with van der Waals surface area (Å²) < 4.78 is 0. The van der Waals surface area contributed by atoms with Crippen molar-refractivity contribution in [1.29, 1.82) is 0 Å². The number of amides is 1. The minimum Gasteiger partial charge on any atom is -0.351 e. The Hall–Kier alpha value is -1.65. The van der Waals surface area contributed by atoms with E-state index in [0.29, 0.717) is 12.2 Å². The minimum absolute atomic E-state index is 0.156. The first-order valence-electron chi connectivity index (χ1n) is 3.99. The Morgan fingerprint density at radius 1 is 1.69 bits per heavy atom. The first-order chi connectivity index (χ1) is 6.13. The van der Waals surface area contributed by atoms with Crippen molar-refractivity contribution in [3.63, 3.8) is 0 Å². The van der Waals surface area contributed by atoms with Gasteiger partial charge in [-0.05, 0) is 19.9 Å². The maximum atomic E-state index is 11.2. The number of hydrogen-bond donors (Lipinski definition) is 2. The maximum Gasteiger partial charge on any atom is 0.345 e. The van der Waals surface area contributed by atoms with Crippen LogP contribution in [0.25, 0.3) is 0 Å². The Kier molecular flexibility index (Phi) is 2.79. The van der Waals surface area contributed by atoms with E-state index in [4.69, 9.17) is 0 Å². The first kappa shape index (κ1) is 9.44. The van der Waals surface area contributed by atoms with Gasteiger partial charge >= 0.3 is 5.69 Å². The summed E-state index contributed by atoms with van der Waals surface area (Å²) in [5, 5.41) is 2.56. The molecule has 1 heterocycles. The quantitative estimate of drug-likeness (QED) is 0.665. The van der Waals surface area contributed by atoms with Crippen LogP contribution in [0.2, 0.25) is 0 Å². The molecule has 0 spiro atoms. The molecule has 2 N–H and O–H groups in total. The second kappa shape index (κ2) is 3.84. The lowest BCUT2D eigenvalue weighted by Gasteiger charge is -2.00. The Balaban J connectivity index is 3.01. The molecule has 5 heteroatoms. The number of aromatic nitrogens is 2. The van der Waals surface area contributed by atoms with E-state index in [1.54, 1.807) is 13.8 Å². The van der Waals surface area contributed by atoms with Gasteiger partial charge in [-0.25, -0.2) is 4.79 Å². The molecule has 0 unspecified atom stereocenters.